The molecule has 1 amide bonds. The molecule has 2 aromatic heterocycles. The molecule has 0 bridgehead atoms. The van der Waals surface area contributed by atoms with Gasteiger partial charge in [0.15, 0.2) is 5.69 Å². The van der Waals surface area contributed by atoms with Gasteiger partial charge >= 0.3 is 0 Å². The number of aryl methyl sites for hydroxylation is 1. The van der Waals surface area contributed by atoms with Crippen LogP contribution in [0.1, 0.15) is 34.4 Å². The molecule has 4 rings (SSSR count). The van der Waals surface area contributed by atoms with Gasteiger partial charge < -0.3 is 19.9 Å². The molecule has 0 aliphatic carbocycles. The van der Waals surface area contributed by atoms with Crippen LogP contribution in [0.3, 0.4) is 0 Å². The van der Waals surface area contributed by atoms with E-state index in [0.29, 0.717) is 56.9 Å². The third kappa shape index (κ3) is 4.05. The molecule has 2 aliphatic rings. The Hall–Kier alpha value is -2.39. The number of amides is 1. The summed E-state index contributed by atoms with van der Waals surface area (Å²) in [5.41, 5.74) is 3.51. The molecule has 2 aromatic rings. The van der Waals surface area contributed by atoms with Gasteiger partial charge in [0.2, 0.25) is 11.8 Å². The molecule has 4 heterocycles. The number of aromatic nitrogens is 4. The van der Waals surface area contributed by atoms with Crippen molar-refractivity contribution in [3.8, 4) is 5.88 Å². The van der Waals surface area contributed by atoms with E-state index >= 15 is 0 Å². The normalized spacial score (nSPS) is 16.4. The first-order chi connectivity index (χ1) is 13.2. The standard InChI is InChI=1S/C18H25N7O2.ClH/c1-3-27-15-10-12(2)20-18(21-15)25-8-6-24(7-9-25)17(26)16-13-11-19-5-4-14(13)22-23-16;/h10,19H,3-9,11H2,1-2H3,(H,22,23);1H. The number of rotatable bonds is 4. The molecule has 28 heavy (non-hydrogen) atoms. The summed E-state index contributed by atoms with van der Waals surface area (Å²) in [4.78, 5) is 25.9. The highest BCUT2D eigenvalue weighted by atomic mass is 35.5. The van der Waals surface area contributed by atoms with Gasteiger partial charge in [-0.05, 0) is 13.8 Å². The van der Waals surface area contributed by atoms with Crippen LogP contribution < -0.4 is 15.0 Å². The molecule has 152 valence electrons. The number of carbonyl (C=O) groups excluding carboxylic acids is 1. The lowest BCUT2D eigenvalue weighted by Gasteiger charge is -2.34. The summed E-state index contributed by atoms with van der Waals surface area (Å²) in [7, 11) is 0. The number of hydrogen-bond acceptors (Lipinski definition) is 7. The second kappa shape index (κ2) is 8.74. The summed E-state index contributed by atoms with van der Waals surface area (Å²) in [5, 5.41) is 10.6. The predicted molar refractivity (Wildman–Crippen MR) is 107 cm³/mol. The summed E-state index contributed by atoms with van der Waals surface area (Å²) in [6, 6.07) is 1.83. The van der Waals surface area contributed by atoms with E-state index in [1.807, 2.05) is 24.8 Å². The molecular formula is C18H26ClN7O2. The number of H-pyrrole nitrogens is 1. The molecule has 2 aliphatic heterocycles. The molecule has 0 aromatic carbocycles. The van der Waals surface area contributed by atoms with Crippen molar-refractivity contribution in [3.05, 3.63) is 28.7 Å². The minimum Gasteiger partial charge on any atom is -0.478 e. The lowest BCUT2D eigenvalue weighted by Crippen LogP contribution is -2.49. The predicted octanol–water partition coefficient (Wildman–Crippen LogP) is 0.937. The molecule has 0 saturated carbocycles. The fourth-order valence-corrected chi connectivity index (χ4v) is 3.55. The minimum atomic E-state index is -0.00369. The number of nitrogens with zero attached hydrogens (tertiary/aromatic N) is 5. The molecule has 10 heteroatoms. The number of halogens is 1. The van der Waals surface area contributed by atoms with Crippen molar-refractivity contribution in [2.24, 2.45) is 0 Å². The van der Waals surface area contributed by atoms with Crippen molar-refractivity contribution >= 4 is 24.3 Å². The van der Waals surface area contributed by atoms with Crippen LogP contribution in [0.2, 0.25) is 0 Å². The fraction of sp³-hybridized carbons (Fsp3) is 0.556. The summed E-state index contributed by atoms with van der Waals surface area (Å²) in [5.74, 6) is 1.25. The highest BCUT2D eigenvalue weighted by Crippen LogP contribution is 2.20. The topological polar surface area (TPSA) is 99.3 Å². The van der Waals surface area contributed by atoms with Crippen molar-refractivity contribution in [3.63, 3.8) is 0 Å². The number of hydrogen-bond donors (Lipinski definition) is 2. The summed E-state index contributed by atoms with van der Waals surface area (Å²) >= 11 is 0. The second-order valence-electron chi connectivity index (χ2n) is 6.82. The van der Waals surface area contributed by atoms with E-state index in [2.05, 4.69) is 30.4 Å². The number of anilines is 1. The van der Waals surface area contributed by atoms with Gasteiger partial charge in [0, 0.05) is 68.7 Å². The Bertz CT molecular complexity index is 833. The Labute approximate surface area is 170 Å². The van der Waals surface area contributed by atoms with Crippen LogP contribution in [0.15, 0.2) is 6.07 Å². The monoisotopic (exact) mass is 407 g/mol. The van der Waals surface area contributed by atoms with E-state index in [9.17, 15) is 4.79 Å². The lowest BCUT2D eigenvalue weighted by molar-refractivity contribution is 0.0738. The molecule has 0 radical (unpaired) electrons. The third-order valence-corrected chi connectivity index (χ3v) is 4.97. The van der Waals surface area contributed by atoms with Gasteiger partial charge in [-0.25, -0.2) is 4.98 Å². The van der Waals surface area contributed by atoms with Gasteiger partial charge in [-0.2, -0.15) is 10.1 Å². The molecule has 0 unspecified atom stereocenters. The maximum absolute atomic E-state index is 12.9. The van der Waals surface area contributed by atoms with E-state index < -0.39 is 0 Å². The van der Waals surface area contributed by atoms with Crippen molar-refractivity contribution in [1.82, 2.24) is 30.4 Å². The van der Waals surface area contributed by atoms with Gasteiger partial charge in [0.05, 0.1) is 6.61 Å². The molecule has 0 atom stereocenters. The number of nitrogens with one attached hydrogen (secondary N) is 2. The third-order valence-electron chi connectivity index (χ3n) is 4.97. The first-order valence-electron chi connectivity index (χ1n) is 9.45. The molecule has 2 N–H and O–H groups in total. The Kier molecular flexibility index (Phi) is 6.35. The SMILES string of the molecule is CCOc1cc(C)nc(N2CCN(C(=O)c3n[nH]c4c3CNCC4)CC2)n1.Cl. The van der Waals surface area contributed by atoms with Crippen LogP contribution in [0.4, 0.5) is 5.95 Å². The van der Waals surface area contributed by atoms with E-state index in [0.717, 1.165) is 29.9 Å². The Balaban J connectivity index is 0.00000225. The molecule has 9 nitrogen and oxygen atoms in total. The first-order valence-corrected chi connectivity index (χ1v) is 9.45. The average Bonchev–Trinajstić information content (AvgIpc) is 3.11. The highest BCUT2D eigenvalue weighted by molar-refractivity contribution is 5.94. The van der Waals surface area contributed by atoms with Crippen molar-refractivity contribution in [2.45, 2.75) is 26.8 Å². The van der Waals surface area contributed by atoms with Crippen LogP contribution in [-0.4, -0.2) is 70.3 Å². The van der Waals surface area contributed by atoms with Gasteiger partial charge in [0.25, 0.3) is 5.91 Å². The number of carbonyl (C=O) groups is 1. The quantitative estimate of drug-likeness (QED) is 0.777. The van der Waals surface area contributed by atoms with Crippen molar-refractivity contribution in [1.29, 1.82) is 0 Å². The maximum Gasteiger partial charge on any atom is 0.274 e. The Morgan fingerprint density at radius 1 is 1.25 bits per heavy atom. The van der Waals surface area contributed by atoms with E-state index in [1.165, 1.54) is 0 Å². The maximum atomic E-state index is 12.9. The zero-order valence-electron chi connectivity index (χ0n) is 16.2. The minimum absolute atomic E-state index is 0. The summed E-state index contributed by atoms with van der Waals surface area (Å²) < 4.78 is 5.52. The van der Waals surface area contributed by atoms with Gasteiger partial charge in [-0.3, -0.25) is 9.89 Å². The first kappa shape index (κ1) is 20.3. The van der Waals surface area contributed by atoms with Crippen LogP contribution in [-0.2, 0) is 13.0 Å². The van der Waals surface area contributed by atoms with E-state index in [4.69, 9.17) is 4.74 Å². The Morgan fingerprint density at radius 3 is 2.79 bits per heavy atom. The summed E-state index contributed by atoms with van der Waals surface area (Å²) in [6.45, 7) is 8.67. The lowest BCUT2D eigenvalue weighted by atomic mass is 10.1. The van der Waals surface area contributed by atoms with Gasteiger partial charge in [-0.15, -0.1) is 12.4 Å². The molecule has 1 saturated heterocycles. The smallest absolute Gasteiger partial charge is 0.274 e. The van der Waals surface area contributed by atoms with Crippen LogP contribution >= 0.6 is 12.4 Å². The summed E-state index contributed by atoms with van der Waals surface area (Å²) in [6.07, 6.45) is 0.885. The van der Waals surface area contributed by atoms with Crippen LogP contribution in [0.25, 0.3) is 0 Å². The fourth-order valence-electron chi connectivity index (χ4n) is 3.55. The van der Waals surface area contributed by atoms with Gasteiger partial charge in [0.1, 0.15) is 0 Å². The average molecular weight is 408 g/mol. The van der Waals surface area contributed by atoms with Crippen molar-refractivity contribution in [2.75, 3.05) is 44.2 Å². The zero-order chi connectivity index (χ0) is 18.8. The van der Waals surface area contributed by atoms with Crippen LogP contribution in [0, 0.1) is 6.92 Å². The van der Waals surface area contributed by atoms with Gasteiger partial charge in [-0.1, -0.05) is 0 Å². The van der Waals surface area contributed by atoms with E-state index in [1.54, 1.807) is 0 Å². The molecule has 0 spiro atoms. The van der Waals surface area contributed by atoms with E-state index in [-0.39, 0.29) is 18.3 Å². The Morgan fingerprint density at radius 2 is 2.04 bits per heavy atom. The number of ether oxygens (including phenoxy) is 1. The zero-order valence-corrected chi connectivity index (χ0v) is 17.0. The largest absolute Gasteiger partial charge is 0.478 e. The van der Waals surface area contributed by atoms with Crippen molar-refractivity contribution < 1.29 is 9.53 Å². The number of piperazine rings is 1. The highest BCUT2D eigenvalue weighted by Gasteiger charge is 2.28. The molecular weight excluding hydrogens is 382 g/mol. The number of aromatic amines is 1. The number of fused-ring (bicyclic) bond motifs is 1. The molecule has 1 fully saturated rings. The second-order valence-corrected chi connectivity index (χ2v) is 6.82. The van der Waals surface area contributed by atoms with Crippen LogP contribution in [0.5, 0.6) is 5.88 Å².